The van der Waals surface area contributed by atoms with Gasteiger partial charge < -0.3 is 15.8 Å². The number of rotatable bonds is 5. The zero-order valence-corrected chi connectivity index (χ0v) is 14.0. The quantitative estimate of drug-likeness (QED) is 0.439. The van der Waals surface area contributed by atoms with E-state index in [2.05, 4.69) is 17.2 Å². The molecule has 6 heteroatoms. The lowest BCUT2D eigenvalue weighted by molar-refractivity contribution is 0.179. The lowest BCUT2D eigenvalue weighted by Crippen LogP contribution is -2.41. The van der Waals surface area contributed by atoms with E-state index < -0.39 is 0 Å². The summed E-state index contributed by atoms with van der Waals surface area (Å²) in [6.45, 7) is 5.73. The Labute approximate surface area is 126 Å². The molecule has 2 unspecified atom stereocenters. The Morgan fingerprint density at radius 2 is 2.35 bits per heavy atom. The van der Waals surface area contributed by atoms with Crippen LogP contribution in [-0.2, 0) is 4.74 Å². The number of nitrogens with one attached hydrogen (secondary N) is 1. The van der Waals surface area contributed by atoms with Crippen LogP contribution in [0.2, 0.25) is 0 Å². The van der Waals surface area contributed by atoms with Crippen LogP contribution < -0.4 is 11.1 Å². The highest BCUT2D eigenvalue weighted by Gasteiger charge is 2.29. The van der Waals surface area contributed by atoms with Crippen molar-refractivity contribution < 1.29 is 4.74 Å². The second-order valence-corrected chi connectivity index (χ2v) is 6.29. The molecule has 0 spiro atoms. The van der Waals surface area contributed by atoms with Crippen LogP contribution >= 0.6 is 35.7 Å². The van der Waals surface area contributed by atoms with Crippen molar-refractivity contribution in [2.75, 3.05) is 26.0 Å². The Kier molecular flexibility index (Phi) is 8.57. The van der Waals surface area contributed by atoms with E-state index in [-0.39, 0.29) is 34.8 Å². The maximum Gasteiger partial charge on any atom is 0.188 e. The second-order valence-electron chi connectivity index (χ2n) is 4.60. The van der Waals surface area contributed by atoms with Crippen molar-refractivity contribution >= 4 is 41.7 Å². The van der Waals surface area contributed by atoms with Crippen molar-refractivity contribution in [3.63, 3.8) is 0 Å². The molecule has 0 aliphatic carbocycles. The van der Waals surface area contributed by atoms with Crippen LogP contribution in [0.15, 0.2) is 4.99 Å². The van der Waals surface area contributed by atoms with Crippen molar-refractivity contribution in [3.8, 4) is 0 Å². The molecule has 4 nitrogen and oxygen atoms in total. The zero-order valence-electron chi connectivity index (χ0n) is 10.9. The average Bonchev–Trinajstić information content (AvgIpc) is 2.63. The smallest absolute Gasteiger partial charge is 0.188 e. The predicted octanol–water partition coefficient (Wildman–Crippen LogP) is 1.83. The summed E-state index contributed by atoms with van der Waals surface area (Å²) >= 11 is 2.00. The second kappa shape index (κ2) is 8.42. The summed E-state index contributed by atoms with van der Waals surface area (Å²) in [5.74, 6) is 1.78. The predicted molar refractivity (Wildman–Crippen MR) is 86.5 cm³/mol. The number of hydrogen-bond donors (Lipinski definition) is 2. The normalized spacial score (nSPS) is 26.4. The van der Waals surface area contributed by atoms with Gasteiger partial charge in [-0.3, -0.25) is 4.99 Å². The van der Waals surface area contributed by atoms with E-state index in [1.54, 1.807) is 7.11 Å². The fourth-order valence-corrected chi connectivity index (χ4v) is 3.03. The van der Waals surface area contributed by atoms with Crippen LogP contribution in [0.5, 0.6) is 0 Å². The summed E-state index contributed by atoms with van der Waals surface area (Å²) in [4.78, 5) is 4.41. The van der Waals surface area contributed by atoms with E-state index >= 15 is 0 Å². The molecular weight excluding hydrogens is 349 g/mol. The number of aliphatic imine (C=N–C) groups is 1. The molecule has 102 valence electrons. The maximum atomic E-state index is 5.82. The fourth-order valence-electron chi connectivity index (χ4n) is 1.80. The summed E-state index contributed by atoms with van der Waals surface area (Å²) in [5.41, 5.74) is 5.82. The van der Waals surface area contributed by atoms with E-state index in [9.17, 15) is 0 Å². The maximum absolute atomic E-state index is 5.82. The summed E-state index contributed by atoms with van der Waals surface area (Å²) < 4.78 is 5.31. The highest BCUT2D eigenvalue weighted by molar-refractivity contribution is 14.0. The van der Waals surface area contributed by atoms with Crippen LogP contribution in [-0.4, -0.2) is 42.8 Å². The zero-order chi connectivity index (χ0) is 12.0. The molecule has 1 fully saturated rings. The highest BCUT2D eigenvalue weighted by atomic mass is 127. The van der Waals surface area contributed by atoms with E-state index in [4.69, 9.17) is 10.5 Å². The number of halogens is 1. The third kappa shape index (κ3) is 6.71. The Bertz CT molecular complexity index is 245. The van der Waals surface area contributed by atoms with Gasteiger partial charge in [-0.2, -0.15) is 11.8 Å². The van der Waals surface area contributed by atoms with Crippen LogP contribution in [0.1, 0.15) is 26.7 Å². The number of ether oxygens (including phenoxy) is 1. The third-order valence-corrected chi connectivity index (χ3v) is 4.22. The van der Waals surface area contributed by atoms with E-state index in [0.29, 0.717) is 12.6 Å². The van der Waals surface area contributed by atoms with Crippen molar-refractivity contribution in [2.45, 2.75) is 37.5 Å². The standard InChI is InChI=1S/C11H23N3OS.HI/c1-9(7-15-3)14-10(12)13-8-11(2)5-4-6-16-11;/h9H,4-8H2,1-3H3,(H3,12,13,14);1H. The van der Waals surface area contributed by atoms with Crippen LogP contribution in [0.4, 0.5) is 0 Å². The molecule has 0 bridgehead atoms. The Hall–Kier alpha value is 0.310. The van der Waals surface area contributed by atoms with Gasteiger partial charge in [-0.05, 0) is 32.4 Å². The van der Waals surface area contributed by atoms with Gasteiger partial charge in [-0.15, -0.1) is 24.0 Å². The number of nitrogens with two attached hydrogens (primary N) is 1. The van der Waals surface area contributed by atoms with Crippen LogP contribution in [0, 0.1) is 0 Å². The van der Waals surface area contributed by atoms with Crippen molar-refractivity contribution in [1.29, 1.82) is 0 Å². The van der Waals surface area contributed by atoms with E-state index in [1.807, 2.05) is 18.7 Å². The minimum absolute atomic E-state index is 0. The first-order valence-electron chi connectivity index (χ1n) is 5.75. The third-order valence-electron chi connectivity index (χ3n) is 2.70. The number of guanidine groups is 1. The fraction of sp³-hybridized carbons (Fsp3) is 0.909. The molecule has 0 aromatic heterocycles. The molecule has 0 aromatic carbocycles. The van der Waals surface area contributed by atoms with Crippen molar-refractivity contribution in [2.24, 2.45) is 10.7 Å². The molecule has 1 rings (SSSR count). The molecule has 1 heterocycles. The SMILES string of the molecule is COCC(C)NC(N)=NCC1(C)CCCS1.I. The number of nitrogens with zero attached hydrogens (tertiary/aromatic N) is 1. The van der Waals surface area contributed by atoms with Gasteiger partial charge in [0.05, 0.1) is 13.2 Å². The number of methoxy groups -OCH3 is 1. The minimum Gasteiger partial charge on any atom is -0.383 e. The molecule has 0 saturated carbocycles. The van der Waals surface area contributed by atoms with Gasteiger partial charge in [0.15, 0.2) is 5.96 Å². The highest BCUT2D eigenvalue weighted by Crippen LogP contribution is 2.37. The Balaban J connectivity index is 0.00000256. The van der Waals surface area contributed by atoms with Crippen molar-refractivity contribution in [1.82, 2.24) is 5.32 Å². The summed E-state index contributed by atoms with van der Waals surface area (Å²) in [6, 6.07) is 0.206. The lowest BCUT2D eigenvalue weighted by Gasteiger charge is -2.20. The molecule has 2 atom stereocenters. The number of hydrogen-bond acceptors (Lipinski definition) is 3. The summed E-state index contributed by atoms with van der Waals surface area (Å²) in [5, 5.41) is 3.12. The molecule has 0 radical (unpaired) electrons. The minimum atomic E-state index is 0. The largest absolute Gasteiger partial charge is 0.383 e. The van der Waals surface area contributed by atoms with Gasteiger partial charge >= 0.3 is 0 Å². The molecule has 17 heavy (non-hydrogen) atoms. The summed E-state index contributed by atoms with van der Waals surface area (Å²) in [6.07, 6.45) is 2.53. The van der Waals surface area contributed by atoms with Gasteiger partial charge in [0.25, 0.3) is 0 Å². The first-order chi connectivity index (χ1) is 7.56. The monoisotopic (exact) mass is 373 g/mol. The molecule has 1 aliphatic heterocycles. The van der Waals surface area contributed by atoms with Gasteiger partial charge in [-0.1, -0.05) is 0 Å². The topological polar surface area (TPSA) is 59.6 Å². The molecular formula is C11H24IN3OS. The van der Waals surface area contributed by atoms with Gasteiger partial charge in [0.2, 0.25) is 0 Å². The summed E-state index contributed by atoms with van der Waals surface area (Å²) in [7, 11) is 1.68. The van der Waals surface area contributed by atoms with Crippen LogP contribution in [0.3, 0.4) is 0 Å². The first kappa shape index (κ1) is 17.3. The van der Waals surface area contributed by atoms with E-state index in [0.717, 1.165) is 6.54 Å². The van der Waals surface area contributed by atoms with E-state index in [1.165, 1.54) is 18.6 Å². The van der Waals surface area contributed by atoms with Gasteiger partial charge in [0, 0.05) is 17.9 Å². The molecule has 1 saturated heterocycles. The Morgan fingerprint density at radius 3 is 2.88 bits per heavy atom. The molecule has 0 amide bonds. The molecule has 1 aliphatic rings. The van der Waals surface area contributed by atoms with Crippen molar-refractivity contribution in [3.05, 3.63) is 0 Å². The molecule has 3 N–H and O–H groups in total. The lowest BCUT2D eigenvalue weighted by atomic mass is 10.1. The van der Waals surface area contributed by atoms with Gasteiger partial charge in [0.1, 0.15) is 0 Å². The number of thioether (sulfide) groups is 1. The van der Waals surface area contributed by atoms with Gasteiger partial charge in [-0.25, -0.2) is 0 Å². The van der Waals surface area contributed by atoms with Crippen LogP contribution in [0.25, 0.3) is 0 Å². The molecule has 0 aromatic rings. The first-order valence-corrected chi connectivity index (χ1v) is 6.74. The average molecular weight is 373 g/mol. The Morgan fingerprint density at radius 1 is 1.65 bits per heavy atom.